The quantitative estimate of drug-likeness (QED) is 0.862. The minimum absolute atomic E-state index is 0.506. The Hall–Kier alpha value is -0.770. The summed E-state index contributed by atoms with van der Waals surface area (Å²) in [5, 5.41) is 9.92. The molecule has 0 unspecified atom stereocenters. The molecule has 1 aromatic carbocycles. The first-order valence-corrected chi connectivity index (χ1v) is 5.63. The molecule has 0 saturated carbocycles. The van der Waals surface area contributed by atoms with Crippen LogP contribution in [0.3, 0.4) is 0 Å². The Morgan fingerprint density at radius 1 is 1.44 bits per heavy atom. The number of halogens is 1. The van der Waals surface area contributed by atoms with Gasteiger partial charge in [-0.25, -0.2) is 0 Å². The number of hydrogen-bond acceptors (Lipinski definition) is 3. The molecule has 1 rings (SSSR count). The highest BCUT2D eigenvalue weighted by molar-refractivity contribution is 6.32. The van der Waals surface area contributed by atoms with E-state index in [1.807, 2.05) is 25.1 Å². The molecule has 0 aliphatic rings. The van der Waals surface area contributed by atoms with E-state index in [1.54, 1.807) is 19.1 Å². The normalized spacial score (nSPS) is 12.9. The van der Waals surface area contributed by atoms with Gasteiger partial charge in [0.2, 0.25) is 0 Å². The van der Waals surface area contributed by atoms with E-state index in [4.69, 9.17) is 16.3 Å². The Bertz CT molecular complexity index is 340. The van der Waals surface area contributed by atoms with E-state index in [1.165, 1.54) is 0 Å². The van der Waals surface area contributed by atoms with Crippen molar-refractivity contribution >= 4 is 11.6 Å². The van der Waals surface area contributed by atoms with Crippen LogP contribution >= 0.6 is 11.6 Å². The van der Waals surface area contributed by atoms with Gasteiger partial charge in [-0.2, -0.15) is 0 Å². The summed E-state index contributed by atoms with van der Waals surface area (Å²) in [4.78, 5) is 2.04. The molecular weight excluding hydrogens is 226 g/mol. The highest BCUT2D eigenvalue weighted by Gasteiger charge is 2.06. The summed E-state index contributed by atoms with van der Waals surface area (Å²) in [6, 6.07) is 5.35. The van der Waals surface area contributed by atoms with Gasteiger partial charge in [0.05, 0.1) is 11.1 Å². The second kappa shape index (κ2) is 6.09. The first kappa shape index (κ1) is 13.3. The highest BCUT2D eigenvalue weighted by Crippen LogP contribution is 2.27. The smallest absolute Gasteiger partial charge is 0.137 e. The van der Waals surface area contributed by atoms with Crippen molar-refractivity contribution in [1.82, 2.24) is 4.90 Å². The number of nitrogens with zero attached hydrogens (tertiary/aromatic N) is 1. The number of rotatable bonds is 5. The third-order valence-electron chi connectivity index (χ3n) is 2.23. The molecule has 0 spiro atoms. The first-order chi connectivity index (χ1) is 7.50. The first-order valence-electron chi connectivity index (χ1n) is 5.25. The zero-order chi connectivity index (χ0) is 12.1. The van der Waals surface area contributed by atoms with Gasteiger partial charge in [0.15, 0.2) is 0 Å². The summed E-state index contributed by atoms with van der Waals surface area (Å²) in [7, 11) is 3.98. The fourth-order valence-electron chi connectivity index (χ4n) is 1.23. The third-order valence-corrected chi connectivity index (χ3v) is 2.53. The van der Waals surface area contributed by atoms with Gasteiger partial charge in [0.1, 0.15) is 12.4 Å². The van der Waals surface area contributed by atoms with Crippen LogP contribution in [-0.4, -0.2) is 37.3 Å². The van der Waals surface area contributed by atoms with Crippen LogP contribution in [-0.2, 0) is 0 Å². The molecule has 1 N–H and O–H groups in total. The molecule has 0 heterocycles. The summed E-state index contributed by atoms with van der Waals surface area (Å²) < 4.78 is 5.53. The van der Waals surface area contributed by atoms with Gasteiger partial charge in [-0.1, -0.05) is 17.7 Å². The number of likely N-dealkylation sites (N-methyl/N-ethyl adjacent to an activating group) is 1. The Morgan fingerprint density at radius 3 is 2.62 bits per heavy atom. The van der Waals surface area contributed by atoms with E-state index >= 15 is 0 Å². The molecule has 0 aromatic heterocycles. The molecule has 0 aliphatic carbocycles. The predicted octanol–water partition coefficient (Wildman–Crippen LogP) is 2.33. The standard InChI is InChI=1S/C12H18ClNO2/c1-9(15)10-4-5-12(11(13)8-10)16-7-6-14(2)3/h4-5,8-9,15H,6-7H2,1-3H3/t9-/m1/s1. The fraction of sp³-hybridized carbons (Fsp3) is 0.500. The molecule has 0 aliphatic heterocycles. The van der Waals surface area contributed by atoms with Crippen molar-refractivity contribution in [2.45, 2.75) is 13.0 Å². The van der Waals surface area contributed by atoms with E-state index in [0.717, 1.165) is 12.1 Å². The average Bonchev–Trinajstić information content (AvgIpc) is 2.19. The van der Waals surface area contributed by atoms with Gasteiger partial charge in [-0.15, -0.1) is 0 Å². The second-order valence-corrected chi connectivity index (χ2v) is 4.42. The third kappa shape index (κ3) is 4.00. The van der Waals surface area contributed by atoms with Gasteiger partial charge in [-0.3, -0.25) is 0 Å². The molecule has 0 bridgehead atoms. The van der Waals surface area contributed by atoms with E-state index in [0.29, 0.717) is 17.4 Å². The Morgan fingerprint density at radius 2 is 2.12 bits per heavy atom. The molecule has 1 aromatic rings. The molecule has 90 valence electrons. The lowest BCUT2D eigenvalue weighted by Crippen LogP contribution is -2.19. The van der Waals surface area contributed by atoms with Crippen LogP contribution in [0.25, 0.3) is 0 Å². The summed E-state index contributed by atoms with van der Waals surface area (Å²) in [6.45, 7) is 3.15. The molecule has 4 heteroatoms. The highest BCUT2D eigenvalue weighted by atomic mass is 35.5. The Balaban J connectivity index is 2.61. The molecule has 16 heavy (non-hydrogen) atoms. The van der Waals surface area contributed by atoms with Crippen LogP contribution in [0, 0.1) is 0 Å². The van der Waals surface area contributed by atoms with Crippen LogP contribution in [0.2, 0.25) is 5.02 Å². The monoisotopic (exact) mass is 243 g/mol. The molecule has 0 amide bonds. The SMILES string of the molecule is C[C@@H](O)c1ccc(OCCN(C)C)c(Cl)c1. The summed E-state index contributed by atoms with van der Waals surface area (Å²) in [5.74, 6) is 0.660. The number of hydrogen-bond donors (Lipinski definition) is 1. The van der Waals surface area contributed by atoms with Crippen LogP contribution < -0.4 is 4.74 Å². The predicted molar refractivity (Wildman–Crippen MR) is 66.1 cm³/mol. The van der Waals surface area contributed by atoms with Crippen LogP contribution in [0.4, 0.5) is 0 Å². The van der Waals surface area contributed by atoms with E-state index in [-0.39, 0.29) is 0 Å². The number of aliphatic hydroxyl groups excluding tert-OH is 1. The topological polar surface area (TPSA) is 32.7 Å². The minimum atomic E-state index is -0.506. The Labute approximate surface area is 102 Å². The van der Waals surface area contributed by atoms with Crippen LogP contribution in [0.1, 0.15) is 18.6 Å². The second-order valence-electron chi connectivity index (χ2n) is 4.02. The van der Waals surface area contributed by atoms with Crippen molar-refractivity contribution in [3.05, 3.63) is 28.8 Å². The van der Waals surface area contributed by atoms with Gasteiger partial charge < -0.3 is 14.7 Å². The molecule has 0 saturated heterocycles. The maximum Gasteiger partial charge on any atom is 0.137 e. The van der Waals surface area contributed by atoms with Gasteiger partial charge in [-0.05, 0) is 38.7 Å². The molecule has 3 nitrogen and oxygen atoms in total. The van der Waals surface area contributed by atoms with Crippen molar-refractivity contribution < 1.29 is 9.84 Å². The fourth-order valence-corrected chi connectivity index (χ4v) is 1.48. The van der Waals surface area contributed by atoms with E-state index in [9.17, 15) is 5.11 Å². The number of aliphatic hydroxyl groups is 1. The van der Waals surface area contributed by atoms with Crippen molar-refractivity contribution in [3.63, 3.8) is 0 Å². The average molecular weight is 244 g/mol. The summed E-state index contributed by atoms with van der Waals surface area (Å²) >= 11 is 6.04. The molecular formula is C12H18ClNO2. The molecule has 1 atom stereocenters. The van der Waals surface area contributed by atoms with Gasteiger partial charge in [0, 0.05) is 6.54 Å². The molecule has 0 fully saturated rings. The summed E-state index contributed by atoms with van der Waals surface area (Å²) in [5.41, 5.74) is 0.796. The maximum absolute atomic E-state index is 9.38. The minimum Gasteiger partial charge on any atom is -0.491 e. The van der Waals surface area contributed by atoms with Crippen molar-refractivity contribution in [1.29, 1.82) is 0 Å². The lowest BCUT2D eigenvalue weighted by atomic mass is 10.1. The zero-order valence-electron chi connectivity index (χ0n) is 9.90. The molecule has 0 radical (unpaired) electrons. The van der Waals surface area contributed by atoms with Gasteiger partial charge in [0.25, 0.3) is 0 Å². The van der Waals surface area contributed by atoms with Crippen LogP contribution in [0.15, 0.2) is 18.2 Å². The number of ether oxygens (including phenoxy) is 1. The zero-order valence-corrected chi connectivity index (χ0v) is 10.7. The van der Waals surface area contributed by atoms with Crippen LogP contribution in [0.5, 0.6) is 5.75 Å². The lowest BCUT2D eigenvalue weighted by molar-refractivity contribution is 0.199. The lowest BCUT2D eigenvalue weighted by Gasteiger charge is -2.13. The van der Waals surface area contributed by atoms with Crippen molar-refractivity contribution in [2.24, 2.45) is 0 Å². The van der Waals surface area contributed by atoms with Gasteiger partial charge >= 0.3 is 0 Å². The van der Waals surface area contributed by atoms with E-state index in [2.05, 4.69) is 0 Å². The largest absolute Gasteiger partial charge is 0.491 e. The Kier molecular flexibility index (Phi) is 5.06. The maximum atomic E-state index is 9.38. The summed E-state index contributed by atoms with van der Waals surface area (Å²) in [6.07, 6.45) is -0.506. The number of benzene rings is 1. The van der Waals surface area contributed by atoms with Crippen molar-refractivity contribution in [2.75, 3.05) is 27.2 Å². The van der Waals surface area contributed by atoms with Crippen molar-refractivity contribution in [3.8, 4) is 5.75 Å². The van der Waals surface area contributed by atoms with E-state index < -0.39 is 6.10 Å².